The molecule has 0 bridgehead atoms. The molecule has 0 spiro atoms. The zero-order valence-electron chi connectivity index (χ0n) is 10.8. The Balaban J connectivity index is 1.95. The molecular formula is C13H19NO3S. The van der Waals surface area contributed by atoms with E-state index in [1.807, 2.05) is 26.0 Å². The summed E-state index contributed by atoms with van der Waals surface area (Å²) in [6, 6.07) is 5.87. The molecule has 0 saturated carbocycles. The van der Waals surface area contributed by atoms with Crippen molar-refractivity contribution in [3.63, 3.8) is 0 Å². The highest BCUT2D eigenvalue weighted by Gasteiger charge is 2.24. The summed E-state index contributed by atoms with van der Waals surface area (Å²) < 4.78 is 28.7. The third-order valence-corrected chi connectivity index (χ3v) is 4.81. The van der Waals surface area contributed by atoms with Gasteiger partial charge in [-0.3, -0.25) is 0 Å². The Labute approximate surface area is 108 Å². The number of hydrogen-bond acceptors (Lipinski definition) is 4. The molecule has 5 heteroatoms. The van der Waals surface area contributed by atoms with Gasteiger partial charge in [0.2, 0.25) is 0 Å². The summed E-state index contributed by atoms with van der Waals surface area (Å²) >= 11 is 0. The minimum atomic E-state index is -2.90. The van der Waals surface area contributed by atoms with Gasteiger partial charge >= 0.3 is 0 Å². The highest BCUT2D eigenvalue weighted by molar-refractivity contribution is 7.91. The lowest BCUT2D eigenvalue weighted by molar-refractivity contribution is 0.271. The predicted molar refractivity (Wildman–Crippen MR) is 71.9 cm³/mol. The second kappa shape index (κ2) is 5.28. The van der Waals surface area contributed by atoms with Crippen LogP contribution in [-0.2, 0) is 9.84 Å². The molecule has 1 fully saturated rings. The quantitative estimate of drug-likeness (QED) is 0.892. The first-order chi connectivity index (χ1) is 8.46. The standard InChI is InChI=1S/C13H19NO3S/c1-10-3-4-13(11(2)7-10)17-8-12-9-18(15,16)6-5-14-12/h3-4,7,12,14H,5-6,8-9H2,1-2H3. The first-order valence-corrected chi connectivity index (χ1v) is 7.92. The summed E-state index contributed by atoms with van der Waals surface area (Å²) in [4.78, 5) is 0. The van der Waals surface area contributed by atoms with Crippen molar-refractivity contribution in [2.45, 2.75) is 19.9 Å². The first kappa shape index (κ1) is 13.4. The molecule has 100 valence electrons. The molecule has 1 saturated heterocycles. The van der Waals surface area contributed by atoms with Crippen molar-refractivity contribution in [3.05, 3.63) is 29.3 Å². The Hall–Kier alpha value is -1.07. The maximum absolute atomic E-state index is 11.5. The zero-order chi connectivity index (χ0) is 13.2. The van der Waals surface area contributed by atoms with Crippen molar-refractivity contribution in [1.82, 2.24) is 5.32 Å². The molecular weight excluding hydrogens is 250 g/mol. The monoisotopic (exact) mass is 269 g/mol. The van der Waals surface area contributed by atoms with Crippen LogP contribution in [0.2, 0.25) is 0 Å². The maximum Gasteiger partial charge on any atom is 0.153 e. The molecule has 1 N–H and O–H groups in total. The van der Waals surface area contributed by atoms with Crippen LogP contribution in [0.5, 0.6) is 5.75 Å². The van der Waals surface area contributed by atoms with E-state index >= 15 is 0 Å². The molecule has 1 atom stereocenters. The van der Waals surface area contributed by atoms with Gasteiger partial charge in [-0.15, -0.1) is 0 Å². The Kier molecular flexibility index (Phi) is 3.92. The highest BCUT2D eigenvalue weighted by Crippen LogP contribution is 2.19. The molecule has 1 heterocycles. The fourth-order valence-corrected chi connectivity index (χ4v) is 3.55. The van der Waals surface area contributed by atoms with E-state index < -0.39 is 9.84 Å². The number of benzene rings is 1. The van der Waals surface area contributed by atoms with E-state index in [4.69, 9.17) is 4.74 Å². The molecule has 0 radical (unpaired) electrons. The highest BCUT2D eigenvalue weighted by atomic mass is 32.2. The van der Waals surface area contributed by atoms with Crippen LogP contribution in [0.3, 0.4) is 0 Å². The van der Waals surface area contributed by atoms with Gasteiger partial charge in [-0.05, 0) is 25.5 Å². The van der Waals surface area contributed by atoms with Crippen LogP contribution in [-0.4, -0.2) is 39.1 Å². The van der Waals surface area contributed by atoms with Crippen molar-refractivity contribution in [1.29, 1.82) is 0 Å². The third kappa shape index (κ3) is 3.46. The van der Waals surface area contributed by atoms with Crippen molar-refractivity contribution < 1.29 is 13.2 Å². The van der Waals surface area contributed by atoms with Crippen molar-refractivity contribution >= 4 is 9.84 Å². The smallest absolute Gasteiger partial charge is 0.153 e. The van der Waals surface area contributed by atoms with E-state index in [1.54, 1.807) is 0 Å². The van der Waals surface area contributed by atoms with Crippen molar-refractivity contribution in [2.75, 3.05) is 24.7 Å². The van der Waals surface area contributed by atoms with Gasteiger partial charge in [0.1, 0.15) is 12.4 Å². The number of ether oxygens (including phenoxy) is 1. The van der Waals surface area contributed by atoms with Crippen LogP contribution >= 0.6 is 0 Å². The lowest BCUT2D eigenvalue weighted by Gasteiger charge is -2.24. The molecule has 1 aliphatic rings. The van der Waals surface area contributed by atoms with Crippen LogP contribution in [0.25, 0.3) is 0 Å². The van der Waals surface area contributed by atoms with E-state index in [0.717, 1.165) is 11.3 Å². The Bertz CT molecular complexity index is 525. The number of hydrogen-bond donors (Lipinski definition) is 1. The SMILES string of the molecule is Cc1ccc(OCC2CS(=O)(=O)CCN2)c(C)c1. The van der Waals surface area contributed by atoms with Crippen molar-refractivity contribution in [3.8, 4) is 5.75 Å². The Morgan fingerprint density at radius 2 is 2.17 bits per heavy atom. The topological polar surface area (TPSA) is 55.4 Å². The summed E-state index contributed by atoms with van der Waals surface area (Å²) in [5, 5.41) is 3.17. The summed E-state index contributed by atoms with van der Waals surface area (Å²) in [5.41, 5.74) is 2.27. The molecule has 4 nitrogen and oxygen atoms in total. The summed E-state index contributed by atoms with van der Waals surface area (Å²) in [6.45, 7) is 4.94. The van der Waals surface area contributed by atoms with Gasteiger partial charge in [-0.25, -0.2) is 8.42 Å². The fourth-order valence-electron chi connectivity index (χ4n) is 2.13. The lowest BCUT2D eigenvalue weighted by Crippen LogP contribution is -2.48. The number of aryl methyl sites for hydroxylation is 2. The van der Waals surface area contributed by atoms with Crippen molar-refractivity contribution in [2.24, 2.45) is 0 Å². The number of sulfone groups is 1. The maximum atomic E-state index is 11.5. The third-order valence-electron chi connectivity index (χ3n) is 3.07. The molecule has 0 aromatic heterocycles. The average molecular weight is 269 g/mol. The summed E-state index contributed by atoms with van der Waals surface area (Å²) in [5.74, 6) is 1.22. The first-order valence-electron chi connectivity index (χ1n) is 6.10. The molecule has 1 aromatic rings. The van der Waals surface area contributed by atoms with Gasteiger partial charge < -0.3 is 10.1 Å². The second-order valence-electron chi connectivity index (χ2n) is 4.85. The van der Waals surface area contributed by atoms with Gasteiger partial charge in [0.25, 0.3) is 0 Å². The van der Waals surface area contributed by atoms with Crippen LogP contribution in [0.4, 0.5) is 0 Å². The lowest BCUT2D eigenvalue weighted by atomic mass is 10.1. The van der Waals surface area contributed by atoms with E-state index in [1.165, 1.54) is 5.56 Å². The Morgan fingerprint density at radius 1 is 1.39 bits per heavy atom. The van der Waals surface area contributed by atoms with Crippen LogP contribution < -0.4 is 10.1 Å². The second-order valence-corrected chi connectivity index (χ2v) is 7.07. The van der Waals surface area contributed by atoms with Crippen LogP contribution in [0, 0.1) is 13.8 Å². The minimum Gasteiger partial charge on any atom is -0.492 e. The van der Waals surface area contributed by atoms with Crippen LogP contribution in [0.15, 0.2) is 18.2 Å². The van der Waals surface area contributed by atoms with Crippen LogP contribution in [0.1, 0.15) is 11.1 Å². The normalized spacial score (nSPS) is 22.7. The summed E-state index contributed by atoms with van der Waals surface area (Å²) in [6.07, 6.45) is 0. The zero-order valence-corrected chi connectivity index (χ0v) is 11.6. The Morgan fingerprint density at radius 3 is 2.83 bits per heavy atom. The fraction of sp³-hybridized carbons (Fsp3) is 0.538. The largest absolute Gasteiger partial charge is 0.492 e. The molecule has 18 heavy (non-hydrogen) atoms. The minimum absolute atomic E-state index is 0.107. The molecule has 1 unspecified atom stereocenters. The average Bonchev–Trinajstić information content (AvgIpc) is 2.26. The van der Waals surface area contributed by atoms with Gasteiger partial charge in [-0.2, -0.15) is 0 Å². The summed E-state index contributed by atoms with van der Waals surface area (Å²) in [7, 11) is -2.90. The van der Waals surface area contributed by atoms with Gasteiger partial charge in [-0.1, -0.05) is 17.7 Å². The number of rotatable bonds is 3. The number of nitrogens with one attached hydrogen (secondary N) is 1. The molecule has 1 aliphatic heterocycles. The van der Waals surface area contributed by atoms with Gasteiger partial charge in [0.15, 0.2) is 9.84 Å². The van der Waals surface area contributed by atoms with E-state index in [0.29, 0.717) is 13.2 Å². The van der Waals surface area contributed by atoms with E-state index in [9.17, 15) is 8.42 Å². The van der Waals surface area contributed by atoms with E-state index in [2.05, 4.69) is 11.4 Å². The van der Waals surface area contributed by atoms with E-state index in [-0.39, 0.29) is 17.5 Å². The molecule has 1 aromatic carbocycles. The molecule has 0 aliphatic carbocycles. The molecule has 0 amide bonds. The van der Waals surface area contributed by atoms with Gasteiger partial charge in [0.05, 0.1) is 17.5 Å². The molecule has 2 rings (SSSR count). The van der Waals surface area contributed by atoms with Gasteiger partial charge in [0, 0.05) is 6.54 Å². The predicted octanol–water partition coefficient (Wildman–Crippen LogP) is 1.07.